The standard InChI is InChI=1S/C16H19NO3/c1-10(18)12-9-17-20-15(12)11-6-7-14(19-5)13(8-11)16(2,3)4/h6-9H,1-5H3. The summed E-state index contributed by atoms with van der Waals surface area (Å²) < 4.78 is 10.7. The van der Waals surface area contributed by atoms with Gasteiger partial charge in [0, 0.05) is 11.1 Å². The second kappa shape index (κ2) is 5.12. The second-order valence-corrected chi connectivity index (χ2v) is 5.79. The molecule has 1 aromatic heterocycles. The van der Waals surface area contributed by atoms with Crippen molar-refractivity contribution in [1.29, 1.82) is 0 Å². The van der Waals surface area contributed by atoms with Crippen LogP contribution in [-0.4, -0.2) is 18.0 Å². The molecular formula is C16H19NO3. The Morgan fingerprint density at radius 1 is 1.30 bits per heavy atom. The maximum atomic E-state index is 11.6. The van der Waals surface area contributed by atoms with Crippen LogP contribution in [-0.2, 0) is 5.41 Å². The minimum Gasteiger partial charge on any atom is -0.496 e. The number of carbonyl (C=O) groups excluding carboxylic acids is 1. The number of ether oxygens (including phenoxy) is 1. The van der Waals surface area contributed by atoms with Gasteiger partial charge in [-0.3, -0.25) is 4.79 Å². The minimum atomic E-state index is -0.0717. The van der Waals surface area contributed by atoms with Crippen molar-refractivity contribution in [1.82, 2.24) is 5.16 Å². The Hall–Kier alpha value is -2.10. The molecule has 0 bridgehead atoms. The third kappa shape index (κ3) is 2.59. The number of carbonyl (C=O) groups is 1. The van der Waals surface area contributed by atoms with E-state index in [4.69, 9.17) is 9.26 Å². The first-order valence-corrected chi connectivity index (χ1v) is 6.49. The van der Waals surface area contributed by atoms with E-state index in [1.54, 1.807) is 7.11 Å². The molecule has 0 N–H and O–H groups in total. The van der Waals surface area contributed by atoms with Gasteiger partial charge in [-0.1, -0.05) is 25.9 Å². The maximum Gasteiger partial charge on any atom is 0.177 e. The highest BCUT2D eigenvalue weighted by Crippen LogP contribution is 2.35. The van der Waals surface area contributed by atoms with E-state index >= 15 is 0 Å². The van der Waals surface area contributed by atoms with Crippen molar-refractivity contribution >= 4 is 5.78 Å². The largest absolute Gasteiger partial charge is 0.496 e. The highest BCUT2D eigenvalue weighted by Gasteiger charge is 2.22. The van der Waals surface area contributed by atoms with Gasteiger partial charge in [0.05, 0.1) is 18.9 Å². The predicted octanol–water partition coefficient (Wildman–Crippen LogP) is 3.85. The summed E-state index contributed by atoms with van der Waals surface area (Å²) in [5, 5.41) is 3.73. The van der Waals surface area contributed by atoms with E-state index in [1.807, 2.05) is 18.2 Å². The number of benzene rings is 1. The molecule has 0 saturated carbocycles. The Morgan fingerprint density at radius 3 is 2.55 bits per heavy atom. The molecule has 0 atom stereocenters. The Kier molecular flexibility index (Phi) is 3.66. The molecule has 0 aliphatic carbocycles. The zero-order valence-corrected chi connectivity index (χ0v) is 12.5. The third-order valence-corrected chi connectivity index (χ3v) is 3.22. The topological polar surface area (TPSA) is 52.3 Å². The van der Waals surface area contributed by atoms with Crippen LogP contribution in [0.4, 0.5) is 0 Å². The molecule has 4 heteroatoms. The zero-order chi connectivity index (χ0) is 14.9. The summed E-state index contributed by atoms with van der Waals surface area (Å²) in [5.41, 5.74) is 2.31. The van der Waals surface area contributed by atoms with E-state index in [-0.39, 0.29) is 11.2 Å². The first-order valence-electron chi connectivity index (χ1n) is 6.49. The van der Waals surface area contributed by atoms with Crippen LogP contribution >= 0.6 is 0 Å². The van der Waals surface area contributed by atoms with Crippen molar-refractivity contribution in [3.05, 3.63) is 35.5 Å². The van der Waals surface area contributed by atoms with Crippen LogP contribution in [0.1, 0.15) is 43.6 Å². The normalized spacial score (nSPS) is 11.4. The number of hydrogen-bond donors (Lipinski definition) is 0. The molecule has 0 aliphatic rings. The molecule has 106 valence electrons. The van der Waals surface area contributed by atoms with E-state index in [2.05, 4.69) is 25.9 Å². The van der Waals surface area contributed by atoms with Gasteiger partial charge < -0.3 is 9.26 Å². The Labute approximate surface area is 118 Å². The van der Waals surface area contributed by atoms with Crippen molar-refractivity contribution in [3.8, 4) is 17.1 Å². The molecule has 0 saturated heterocycles. The quantitative estimate of drug-likeness (QED) is 0.797. The van der Waals surface area contributed by atoms with Gasteiger partial charge in [-0.05, 0) is 30.5 Å². The Morgan fingerprint density at radius 2 is 2.00 bits per heavy atom. The van der Waals surface area contributed by atoms with Crippen molar-refractivity contribution < 1.29 is 14.1 Å². The molecule has 0 amide bonds. The lowest BCUT2D eigenvalue weighted by Crippen LogP contribution is -2.13. The van der Waals surface area contributed by atoms with Crippen LogP contribution in [0.2, 0.25) is 0 Å². The van der Waals surface area contributed by atoms with Gasteiger partial charge in [0.15, 0.2) is 11.5 Å². The molecule has 0 radical (unpaired) electrons. The second-order valence-electron chi connectivity index (χ2n) is 5.79. The summed E-state index contributed by atoms with van der Waals surface area (Å²) in [6, 6.07) is 5.76. The minimum absolute atomic E-state index is 0.0608. The fourth-order valence-corrected chi connectivity index (χ4v) is 2.13. The maximum absolute atomic E-state index is 11.6. The summed E-state index contributed by atoms with van der Waals surface area (Å²) >= 11 is 0. The van der Waals surface area contributed by atoms with Gasteiger partial charge >= 0.3 is 0 Å². The van der Waals surface area contributed by atoms with Crippen molar-refractivity contribution in [2.24, 2.45) is 0 Å². The number of rotatable bonds is 3. The average Bonchev–Trinajstić information content (AvgIpc) is 2.86. The molecule has 1 aromatic carbocycles. The third-order valence-electron chi connectivity index (χ3n) is 3.22. The molecule has 2 aromatic rings. The van der Waals surface area contributed by atoms with Crippen molar-refractivity contribution in [2.45, 2.75) is 33.1 Å². The smallest absolute Gasteiger partial charge is 0.177 e. The number of Topliss-reactive ketones (excluding diaryl/α,β-unsaturated/α-hetero) is 1. The molecule has 0 fully saturated rings. The van der Waals surface area contributed by atoms with Gasteiger partial charge in [0.2, 0.25) is 0 Å². The van der Waals surface area contributed by atoms with E-state index in [1.165, 1.54) is 13.1 Å². The molecule has 0 unspecified atom stereocenters. The van der Waals surface area contributed by atoms with Crippen molar-refractivity contribution in [3.63, 3.8) is 0 Å². The first-order chi connectivity index (χ1) is 9.34. The van der Waals surface area contributed by atoms with Crippen LogP contribution in [0.25, 0.3) is 11.3 Å². The fourth-order valence-electron chi connectivity index (χ4n) is 2.13. The van der Waals surface area contributed by atoms with Crippen LogP contribution in [0.3, 0.4) is 0 Å². The summed E-state index contributed by atoms with van der Waals surface area (Å²) in [6.45, 7) is 7.84. The number of ketones is 1. The first kappa shape index (κ1) is 14.3. The summed E-state index contributed by atoms with van der Waals surface area (Å²) in [6.07, 6.45) is 1.46. The molecule has 1 heterocycles. The van der Waals surface area contributed by atoms with Gasteiger partial charge in [0.25, 0.3) is 0 Å². The SMILES string of the molecule is COc1ccc(-c2oncc2C(C)=O)cc1C(C)(C)C. The van der Waals surface area contributed by atoms with E-state index < -0.39 is 0 Å². The molecule has 2 rings (SSSR count). The lowest BCUT2D eigenvalue weighted by atomic mass is 9.85. The fraction of sp³-hybridized carbons (Fsp3) is 0.375. The van der Waals surface area contributed by atoms with Gasteiger partial charge in [0.1, 0.15) is 5.75 Å². The Balaban J connectivity index is 2.59. The van der Waals surface area contributed by atoms with Crippen LogP contribution in [0, 0.1) is 0 Å². The van der Waals surface area contributed by atoms with Crippen LogP contribution in [0.15, 0.2) is 28.9 Å². The lowest BCUT2D eigenvalue weighted by molar-refractivity contribution is 0.101. The predicted molar refractivity (Wildman–Crippen MR) is 77.2 cm³/mol. The van der Waals surface area contributed by atoms with Gasteiger partial charge in [-0.15, -0.1) is 0 Å². The average molecular weight is 273 g/mol. The highest BCUT2D eigenvalue weighted by molar-refractivity contribution is 5.99. The zero-order valence-electron chi connectivity index (χ0n) is 12.5. The lowest BCUT2D eigenvalue weighted by Gasteiger charge is -2.22. The summed E-state index contributed by atoms with van der Waals surface area (Å²) in [5.74, 6) is 1.27. The molecular weight excluding hydrogens is 254 g/mol. The summed E-state index contributed by atoms with van der Waals surface area (Å²) in [4.78, 5) is 11.6. The molecule has 0 spiro atoms. The monoisotopic (exact) mass is 273 g/mol. The highest BCUT2D eigenvalue weighted by atomic mass is 16.5. The number of hydrogen-bond acceptors (Lipinski definition) is 4. The number of aromatic nitrogens is 1. The van der Waals surface area contributed by atoms with Gasteiger partial charge in [-0.25, -0.2) is 0 Å². The van der Waals surface area contributed by atoms with E-state index in [0.29, 0.717) is 11.3 Å². The van der Waals surface area contributed by atoms with E-state index in [0.717, 1.165) is 16.9 Å². The van der Waals surface area contributed by atoms with Crippen LogP contribution < -0.4 is 4.74 Å². The van der Waals surface area contributed by atoms with Crippen molar-refractivity contribution in [2.75, 3.05) is 7.11 Å². The Bertz CT molecular complexity index is 635. The number of methoxy groups -OCH3 is 1. The number of nitrogens with zero attached hydrogens (tertiary/aromatic N) is 1. The summed E-state index contributed by atoms with van der Waals surface area (Å²) in [7, 11) is 1.65. The molecule has 20 heavy (non-hydrogen) atoms. The van der Waals surface area contributed by atoms with Gasteiger partial charge in [-0.2, -0.15) is 0 Å². The molecule has 0 aliphatic heterocycles. The van der Waals surface area contributed by atoms with E-state index in [9.17, 15) is 4.79 Å². The molecule has 4 nitrogen and oxygen atoms in total. The van der Waals surface area contributed by atoms with Crippen LogP contribution in [0.5, 0.6) is 5.75 Å².